The summed E-state index contributed by atoms with van der Waals surface area (Å²) in [7, 11) is 0. The Morgan fingerprint density at radius 3 is 2.21 bits per heavy atom. The Bertz CT molecular complexity index is 1320. The fourth-order valence-electron chi connectivity index (χ4n) is 4.25. The Morgan fingerprint density at radius 1 is 0.607 bits per heavy atom. The predicted octanol–water partition coefficient (Wildman–Crippen LogP) is 6.74. The molecule has 1 aliphatic heterocycles. The predicted molar refractivity (Wildman–Crippen MR) is 120 cm³/mol. The molecule has 2 nitrogen and oxygen atoms in total. The molecule has 1 aliphatic rings. The van der Waals surface area contributed by atoms with Gasteiger partial charge in [-0.15, -0.1) is 11.3 Å². The molecule has 0 saturated heterocycles. The van der Waals surface area contributed by atoms with Gasteiger partial charge in [-0.3, -0.25) is 0 Å². The Morgan fingerprint density at radius 2 is 1.32 bits per heavy atom. The first-order valence-electron chi connectivity index (χ1n) is 9.50. The van der Waals surface area contributed by atoms with Crippen LogP contribution in [0.4, 0.5) is 5.69 Å². The van der Waals surface area contributed by atoms with Gasteiger partial charge in [-0.25, -0.2) is 5.43 Å². The van der Waals surface area contributed by atoms with E-state index in [0.717, 1.165) is 5.69 Å². The molecule has 1 aromatic heterocycles. The molecule has 2 heterocycles. The molecule has 2 N–H and O–H groups in total. The van der Waals surface area contributed by atoms with Crippen LogP contribution in [0.5, 0.6) is 0 Å². The standard InChI is InChI=1S/C25H18N2S/c1-2-8-16(9-3-1)17-11-6-12-18-19-13-7-14-21(25(19)28-24(17)18)23-20-10-4-5-15-22(20)26-27-23/h1-15,23,26-27H. The molecule has 6 rings (SSSR count). The van der Waals surface area contributed by atoms with E-state index in [1.54, 1.807) is 0 Å². The summed E-state index contributed by atoms with van der Waals surface area (Å²) in [5, 5.41) is 2.67. The zero-order valence-corrected chi connectivity index (χ0v) is 16.0. The second-order valence-electron chi connectivity index (χ2n) is 7.16. The summed E-state index contributed by atoms with van der Waals surface area (Å²) in [5.41, 5.74) is 13.2. The van der Waals surface area contributed by atoms with Gasteiger partial charge in [0.25, 0.3) is 0 Å². The van der Waals surface area contributed by atoms with Crippen molar-refractivity contribution in [3.05, 3.63) is 102 Å². The number of hydrogen-bond donors (Lipinski definition) is 2. The van der Waals surface area contributed by atoms with Crippen molar-refractivity contribution in [1.82, 2.24) is 5.43 Å². The minimum atomic E-state index is 0.160. The first-order valence-corrected chi connectivity index (χ1v) is 10.3. The van der Waals surface area contributed by atoms with Gasteiger partial charge in [-0.05, 0) is 28.3 Å². The van der Waals surface area contributed by atoms with Gasteiger partial charge in [0.05, 0.1) is 11.7 Å². The fourth-order valence-corrected chi connectivity index (χ4v) is 5.63. The van der Waals surface area contributed by atoms with Crippen molar-refractivity contribution in [2.75, 3.05) is 5.43 Å². The number of rotatable bonds is 2. The summed E-state index contributed by atoms with van der Waals surface area (Å²) in [4.78, 5) is 0. The molecule has 0 radical (unpaired) electrons. The highest BCUT2D eigenvalue weighted by Crippen LogP contribution is 2.44. The van der Waals surface area contributed by atoms with Crippen molar-refractivity contribution in [2.24, 2.45) is 0 Å². The highest BCUT2D eigenvalue weighted by atomic mass is 32.1. The number of anilines is 1. The van der Waals surface area contributed by atoms with Gasteiger partial charge in [0, 0.05) is 20.2 Å². The number of para-hydroxylation sites is 1. The Kier molecular flexibility index (Phi) is 3.51. The fraction of sp³-hybridized carbons (Fsp3) is 0.0400. The van der Waals surface area contributed by atoms with E-state index in [0.29, 0.717) is 0 Å². The first-order chi connectivity index (χ1) is 13.9. The molecule has 5 aromatic rings. The number of hydrazine groups is 1. The summed E-state index contributed by atoms with van der Waals surface area (Å²) >= 11 is 1.90. The summed E-state index contributed by atoms with van der Waals surface area (Å²) in [6.45, 7) is 0. The number of fused-ring (bicyclic) bond motifs is 4. The van der Waals surface area contributed by atoms with Crippen molar-refractivity contribution in [3.63, 3.8) is 0 Å². The molecule has 1 unspecified atom stereocenters. The number of thiophene rings is 1. The van der Waals surface area contributed by atoms with Crippen LogP contribution in [0.2, 0.25) is 0 Å². The summed E-state index contributed by atoms with van der Waals surface area (Å²) in [6, 6.07) is 32.7. The number of hydrogen-bond acceptors (Lipinski definition) is 3. The Balaban J connectivity index is 1.61. The molecule has 4 aromatic carbocycles. The lowest BCUT2D eigenvalue weighted by Crippen LogP contribution is -2.19. The largest absolute Gasteiger partial charge is 0.320 e. The number of nitrogens with one attached hydrogen (secondary N) is 2. The van der Waals surface area contributed by atoms with E-state index in [1.165, 1.54) is 42.4 Å². The summed E-state index contributed by atoms with van der Waals surface area (Å²) in [5.74, 6) is 0. The maximum Gasteiger partial charge on any atom is 0.0794 e. The van der Waals surface area contributed by atoms with Crippen LogP contribution < -0.4 is 10.9 Å². The van der Waals surface area contributed by atoms with Crippen LogP contribution in [0.3, 0.4) is 0 Å². The third-order valence-corrected chi connectivity index (χ3v) is 6.88. The molecular formula is C25H18N2S. The van der Waals surface area contributed by atoms with Gasteiger partial charge < -0.3 is 5.43 Å². The molecule has 1 atom stereocenters. The smallest absolute Gasteiger partial charge is 0.0794 e. The van der Waals surface area contributed by atoms with Crippen LogP contribution in [-0.4, -0.2) is 0 Å². The van der Waals surface area contributed by atoms with Gasteiger partial charge in [0.1, 0.15) is 0 Å². The van der Waals surface area contributed by atoms with Gasteiger partial charge in [0.2, 0.25) is 0 Å². The lowest BCUT2D eigenvalue weighted by atomic mass is 9.97. The zero-order valence-electron chi connectivity index (χ0n) is 15.1. The quantitative estimate of drug-likeness (QED) is 0.355. The average molecular weight is 379 g/mol. The Labute approximate surface area is 167 Å². The van der Waals surface area contributed by atoms with Gasteiger partial charge in [-0.2, -0.15) is 0 Å². The monoisotopic (exact) mass is 378 g/mol. The van der Waals surface area contributed by atoms with Crippen LogP contribution in [0.25, 0.3) is 31.3 Å². The molecule has 0 amide bonds. The second kappa shape index (κ2) is 6.20. The highest BCUT2D eigenvalue weighted by molar-refractivity contribution is 7.26. The zero-order chi connectivity index (χ0) is 18.5. The molecule has 0 aliphatic carbocycles. The molecule has 0 bridgehead atoms. The maximum atomic E-state index is 3.48. The molecule has 0 fully saturated rings. The van der Waals surface area contributed by atoms with Crippen LogP contribution >= 0.6 is 11.3 Å². The third kappa shape index (κ3) is 2.30. The lowest BCUT2D eigenvalue weighted by molar-refractivity contribution is 0.735. The summed E-state index contributed by atoms with van der Waals surface area (Å²) < 4.78 is 2.72. The van der Waals surface area contributed by atoms with Crippen molar-refractivity contribution >= 4 is 37.2 Å². The van der Waals surface area contributed by atoms with E-state index in [9.17, 15) is 0 Å². The van der Waals surface area contributed by atoms with Crippen molar-refractivity contribution < 1.29 is 0 Å². The second-order valence-corrected chi connectivity index (χ2v) is 8.18. The Hall–Kier alpha value is -3.14. The van der Waals surface area contributed by atoms with E-state index in [4.69, 9.17) is 0 Å². The van der Waals surface area contributed by atoms with E-state index in [-0.39, 0.29) is 6.04 Å². The van der Waals surface area contributed by atoms with Crippen LogP contribution in [0, 0.1) is 0 Å². The average Bonchev–Trinajstić information content (AvgIpc) is 3.36. The summed E-state index contributed by atoms with van der Waals surface area (Å²) in [6.07, 6.45) is 0. The first kappa shape index (κ1) is 15.9. The van der Waals surface area contributed by atoms with E-state index < -0.39 is 0 Å². The van der Waals surface area contributed by atoms with Crippen molar-refractivity contribution in [2.45, 2.75) is 6.04 Å². The highest BCUT2D eigenvalue weighted by Gasteiger charge is 2.25. The molecule has 0 saturated carbocycles. The van der Waals surface area contributed by atoms with Crippen molar-refractivity contribution in [1.29, 1.82) is 0 Å². The van der Waals surface area contributed by atoms with Crippen LogP contribution in [-0.2, 0) is 0 Å². The van der Waals surface area contributed by atoms with Crippen LogP contribution in [0.1, 0.15) is 17.2 Å². The number of benzene rings is 4. The van der Waals surface area contributed by atoms with Gasteiger partial charge in [-0.1, -0.05) is 84.9 Å². The topological polar surface area (TPSA) is 24.1 Å². The SMILES string of the molecule is c1ccc(-c2cccc3c2sc2c(C4NNc5ccccc54)cccc23)cc1. The van der Waals surface area contributed by atoms with E-state index >= 15 is 0 Å². The van der Waals surface area contributed by atoms with E-state index in [2.05, 4.69) is 102 Å². The molecule has 28 heavy (non-hydrogen) atoms. The molecule has 3 heteroatoms. The lowest BCUT2D eigenvalue weighted by Gasteiger charge is -2.12. The minimum absolute atomic E-state index is 0.160. The molecule has 134 valence electrons. The minimum Gasteiger partial charge on any atom is -0.320 e. The van der Waals surface area contributed by atoms with Crippen LogP contribution in [0.15, 0.2) is 91.0 Å². The van der Waals surface area contributed by atoms with E-state index in [1.807, 2.05) is 11.3 Å². The molecular weight excluding hydrogens is 360 g/mol. The molecule has 0 spiro atoms. The normalized spacial score (nSPS) is 15.6. The third-order valence-electron chi connectivity index (χ3n) is 5.57. The van der Waals surface area contributed by atoms with Gasteiger partial charge in [0.15, 0.2) is 0 Å². The maximum absolute atomic E-state index is 3.48. The van der Waals surface area contributed by atoms with Crippen molar-refractivity contribution in [3.8, 4) is 11.1 Å². The van der Waals surface area contributed by atoms with Gasteiger partial charge >= 0.3 is 0 Å².